The van der Waals surface area contributed by atoms with Crippen molar-refractivity contribution in [1.29, 1.82) is 0 Å². The highest BCUT2D eigenvalue weighted by molar-refractivity contribution is 5.88. The van der Waals surface area contributed by atoms with Crippen LogP contribution in [0.25, 0.3) is 11.0 Å². The van der Waals surface area contributed by atoms with Crippen molar-refractivity contribution in [1.82, 2.24) is 0 Å². The molecule has 0 saturated carbocycles. The SMILES string of the molecule is O=c1ccoc2cc3c(c(O)c12)OCO3. The fraction of sp³-hybridized carbons (Fsp3) is 0.100. The van der Waals surface area contributed by atoms with Crippen LogP contribution in [0.4, 0.5) is 0 Å². The molecular formula is C10H6O5. The van der Waals surface area contributed by atoms with Gasteiger partial charge in [0.1, 0.15) is 11.0 Å². The van der Waals surface area contributed by atoms with E-state index in [9.17, 15) is 9.90 Å². The zero-order valence-electron chi connectivity index (χ0n) is 7.52. The molecule has 0 spiro atoms. The van der Waals surface area contributed by atoms with E-state index in [1.807, 2.05) is 0 Å². The Balaban J connectivity index is 2.53. The van der Waals surface area contributed by atoms with E-state index in [1.54, 1.807) is 0 Å². The molecule has 1 aromatic heterocycles. The second-order valence-electron chi connectivity index (χ2n) is 3.12. The van der Waals surface area contributed by atoms with Gasteiger partial charge in [0.2, 0.25) is 12.5 Å². The van der Waals surface area contributed by atoms with Gasteiger partial charge in [0.05, 0.1) is 6.26 Å². The van der Waals surface area contributed by atoms with Crippen LogP contribution in [0.1, 0.15) is 0 Å². The predicted octanol–water partition coefficient (Wildman–Crippen LogP) is 1.23. The van der Waals surface area contributed by atoms with Crippen molar-refractivity contribution in [2.75, 3.05) is 6.79 Å². The molecule has 1 aliphatic rings. The Morgan fingerprint density at radius 1 is 1.33 bits per heavy atom. The maximum atomic E-state index is 11.5. The summed E-state index contributed by atoms with van der Waals surface area (Å²) >= 11 is 0. The molecule has 0 aliphatic carbocycles. The van der Waals surface area contributed by atoms with Gasteiger partial charge in [-0.2, -0.15) is 0 Å². The first kappa shape index (κ1) is 8.16. The highest BCUT2D eigenvalue weighted by Crippen LogP contribution is 2.44. The first-order valence-corrected chi connectivity index (χ1v) is 4.30. The van der Waals surface area contributed by atoms with Crippen molar-refractivity contribution in [2.24, 2.45) is 0 Å². The molecule has 76 valence electrons. The second-order valence-corrected chi connectivity index (χ2v) is 3.12. The average molecular weight is 206 g/mol. The van der Waals surface area contributed by atoms with Crippen molar-refractivity contribution in [3.63, 3.8) is 0 Å². The molecule has 0 unspecified atom stereocenters. The summed E-state index contributed by atoms with van der Waals surface area (Å²) in [4.78, 5) is 11.5. The average Bonchev–Trinajstić information content (AvgIpc) is 2.66. The van der Waals surface area contributed by atoms with Gasteiger partial charge in [0, 0.05) is 12.1 Å². The van der Waals surface area contributed by atoms with Gasteiger partial charge >= 0.3 is 0 Å². The van der Waals surface area contributed by atoms with Crippen molar-refractivity contribution in [3.05, 3.63) is 28.6 Å². The lowest BCUT2D eigenvalue weighted by molar-refractivity contribution is 0.171. The molecule has 2 heterocycles. The quantitative estimate of drug-likeness (QED) is 0.701. The fourth-order valence-electron chi connectivity index (χ4n) is 1.59. The number of benzene rings is 1. The van der Waals surface area contributed by atoms with E-state index in [4.69, 9.17) is 13.9 Å². The summed E-state index contributed by atoms with van der Waals surface area (Å²) < 4.78 is 15.2. The van der Waals surface area contributed by atoms with E-state index in [1.165, 1.54) is 18.4 Å². The first-order chi connectivity index (χ1) is 7.27. The number of hydrogen-bond donors (Lipinski definition) is 1. The summed E-state index contributed by atoms with van der Waals surface area (Å²) in [7, 11) is 0. The molecule has 0 radical (unpaired) electrons. The van der Waals surface area contributed by atoms with Crippen LogP contribution in [-0.4, -0.2) is 11.9 Å². The van der Waals surface area contributed by atoms with Gasteiger partial charge < -0.3 is 19.0 Å². The zero-order valence-corrected chi connectivity index (χ0v) is 7.52. The van der Waals surface area contributed by atoms with E-state index in [0.29, 0.717) is 5.75 Å². The molecule has 0 bridgehead atoms. The third kappa shape index (κ3) is 0.999. The number of aromatic hydroxyl groups is 1. The summed E-state index contributed by atoms with van der Waals surface area (Å²) in [5.41, 5.74) is -0.0312. The minimum atomic E-state index is -0.313. The Hall–Kier alpha value is -2.17. The maximum Gasteiger partial charge on any atom is 0.231 e. The van der Waals surface area contributed by atoms with Gasteiger partial charge in [-0.25, -0.2) is 0 Å². The Bertz CT molecular complexity index is 599. The summed E-state index contributed by atoms with van der Waals surface area (Å²) in [5.74, 6) is 0.352. The van der Waals surface area contributed by atoms with E-state index in [2.05, 4.69) is 0 Å². The minimum absolute atomic E-state index is 0.0351. The normalized spacial score (nSPS) is 13.3. The Kier molecular flexibility index (Phi) is 1.45. The third-order valence-corrected chi connectivity index (χ3v) is 2.26. The molecule has 1 N–H and O–H groups in total. The van der Waals surface area contributed by atoms with Crippen molar-refractivity contribution in [2.45, 2.75) is 0 Å². The molecule has 1 aliphatic heterocycles. The van der Waals surface area contributed by atoms with Crippen molar-refractivity contribution >= 4 is 11.0 Å². The van der Waals surface area contributed by atoms with Crippen LogP contribution < -0.4 is 14.9 Å². The fourth-order valence-corrected chi connectivity index (χ4v) is 1.59. The highest BCUT2D eigenvalue weighted by atomic mass is 16.7. The molecule has 0 saturated heterocycles. The van der Waals surface area contributed by atoms with Crippen LogP contribution in [0, 0.1) is 0 Å². The number of fused-ring (bicyclic) bond motifs is 2. The molecular weight excluding hydrogens is 200 g/mol. The molecule has 15 heavy (non-hydrogen) atoms. The number of ether oxygens (including phenoxy) is 2. The van der Waals surface area contributed by atoms with Crippen LogP contribution in [0.3, 0.4) is 0 Å². The van der Waals surface area contributed by atoms with E-state index in [0.717, 1.165) is 0 Å². The largest absolute Gasteiger partial charge is 0.504 e. The molecule has 0 amide bonds. The lowest BCUT2D eigenvalue weighted by Crippen LogP contribution is -1.98. The van der Waals surface area contributed by atoms with Crippen LogP contribution in [0.5, 0.6) is 17.2 Å². The topological polar surface area (TPSA) is 68.9 Å². The van der Waals surface area contributed by atoms with Crippen molar-refractivity contribution in [3.8, 4) is 17.2 Å². The molecule has 5 heteroatoms. The summed E-state index contributed by atoms with van der Waals surface area (Å²) in [5, 5.41) is 9.90. The second kappa shape index (κ2) is 2.66. The number of phenolic OH excluding ortho intramolecular Hbond substituents is 1. The smallest absolute Gasteiger partial charge is 0.231 e. The van der Waals surface area contributed by atoms with Crippen LogP contribution in [-0.2, 0) is 0 Å². The maximum absolute atomic E-state index is 11.5. The van der Waals surface area contributed by atoms with Gasteiger partial charge in [0.25, 0.3) is 0 Å². The predicted molar refractivity (Wildman–Crippen MR) is 50.3 cm³/mol. The Morgan fingerprint density at radius 2 is 2.20 bits per heavy atom. The van der Waals surface area contributed by atoms with E-state index in [-0.39, 0.29) is 34.7 Å². The molecule has 0 fully saturated rings. The van der Waals surface area contributed by atoms with Crippen LogP contribution in [0.2, 0.25) is 0 Å². The third-order valence-electron chi connectivity index (χ3n) is 2.26. The highest BCUT2D eigenvalue weighted by Gasteiger charge is 2.22. The molecule has 0 atom stereocenters. The lowest BCUT2D eigenvalue weighted by Gasteiger charge is -2.02. The lowest BCUT2D eigenvalue weighted by atomic mass is 10.2. The Morgan fingerprint density at radius 3 is 3.07 bits per heavy atom. The summed E-state index contributed by atoms with van der Waals surface area (Å²) in [6.07, 6.45) is 1.27. The molecule has 5 nitrogen and oxygen atoms in total. The van der Waals surface area contributed by atoms with Gasteiger partial charge in [0.15, 0.2) is 16.9 Å². The molecule has 2 aromatic rings. The van der Waals surface area contributed by atoms with E-state index < -0.39 is 0 Å². The summed E-state index contributed by atoms with van der Waals surface area (Å²) in [6.45, 7) is 0.0351. The van der Waals surface area contributed by atoms with Crippen molar-refractivity contribution < 1.29 is 19.0 Å². The number of phenols is 1. The van der Waals surface area contributed by atoms with Gasteiger partial charge in [-0.15, -0.1) is 0 Å². The monoisotopic (exact) mass is 206 g/mol. The molecule has 3 rings (SSSR count). The summed E-state index contributed by atoms with van der Waals surface area (Å²) in [6, 6.07) is 2.77. The first-order valence-electron chi connectivity index (χ1n) is 4.30. The van der Waals surface area contributed by atoms with Gasteiger partial charge in [-0.05, 0) is 0 Å². The zero-order chi connectivity index (χ0) is 10.4. The van der Waals surface area contributed by atoms with Gasteiger partial charge in [-0.3, -0.25) is 4.79 Å². The Labute approximate surface area is 83.5 Å². The van der Waals surface area contributed by atoms with Gasteiger partial charge in [-0.1, -0.05) is 0 Å². The van der Waals surface area contributed by atoms with Crippen LogP contribution >= 0.6 is 0 Å². The van der Waals surface area contributed by atoms with E-state index >= 15 is 0 Å². The molecule has 1 aromatic carbocycles. The standard InChI is InChI=1S/C10H6O5/c11-5-1-2-13-6-3-7-10(15-4-14-7)9(12)8(5)6/h1-3,12H,4H2. The number of rotatable bonds is 0. The van der Waals surface area contributed by atoms with Crippen LogP contribution in [0.15, 0.2) is 27.6 Å². The minimum Gasteiger partial charge on any atom is -0.504 e. The number of hydrogen-bond acceptors (Lipinski definition) is 5.